The number of amides is 2. The van der Waals surface area contributed by atoms with Crippen LogP contribution in [0.1, 0.15) is 32.1 Å². The smallest absolute Gasteiger partial charge is 0.246 e. The Kier molecular flexibility index (Phi) is 4.45. The molecule has 1 aromatic heterocycles. The molecule has 8 nitrogen and oxygen atoms in total. The molecule has 1 aromatic rings. The Hall–Kier alpha value is -1.96. The number of hydrogen-bond donors (Lipinski definition) is 0. The van der Waals surface area contributed by atoms with Crippen molar-refractivity contribution in [3.8, 4) is 0 Å². The quantitative estimate of drug-likeness (QED) is 0.785. The van der Waals surface area contributed by atoms with E-state index in [1.165, 1.54) is 4.80 Å². The highest BCUT2D eigenvalue weighted by Gasteiger charge is 2.50. The molecule has 3 aliphatic heterocycles. The van der Waals surface area contributed by atoms with Gasteiger partial charge in [0.15, 0.2) is 0 Å². The van der Waals surface area contributed by atoms with Crippen LogP contribution in [-0.2, 0) is 20.9 Å². The lowest BCUT2D eigenvalue weighted by Crippen LogP contribution is -2.55. The molecule has 1 spiro atoms. The van der Waals surface area contributed by atoms with Crippen molar-refractivity contribution < 1.29 is 14.3 Å². The second-order valence-electron chi connectivity index (χ2n) is 7.35. The van der Waals surface area contributed by atoms with Crippen LogP contribution in [-0.4, -0.2) is 75.5 Å². The molecule has 1 atom stereocenters. The van der Waals surface area contributed by atoms with E-state index in [1.54, 1.807) is 12.4 Å². The van der Waals surface area contributed by atoms with Gasteiger partial charge in [0.2, 0.25) is 11.8 Å². The molecule has 0 radical (unpaired) electrons. The summed E-state index contributed by atoms with van der Waals surface area (Å²) >= 11 is 0. The van der Waals surface area contributed by atoms with Gasteiger partial charge >= 0.3 is 0 Å². The number of carbonyl (C=O) groups excluding carboxylic acids is 2. The van der Waals surface area contributed by atoms with Gasteiger partial charge in [-0.05, 0) is 32.1 Å². The molecular weight excluding hydrogens is 322 g/mol. The number of nitrogens with zero attached hydrogens (tertiary/aromatic N) is 5. The van der Waals surface area contributed by atoms with Gasteiger partial charge < -0.3 is 14.5 Å². The lowest BCUT2D eigenvalue weighted by Gasteiger charge is -2.44. The normalized spacial score (nSPS) is 28.1. The fourth-order valence-corrected chi connectivity index (χ4v) is 4.46. The van der Waals surface area contributed by atoms with Crippen molar-refractivity contribution in [3.63, 3.8) is 0 Å². The van der Waals surface area contributed by atoms with Crippen molar-refractivity contribution in [2.24, 2.45) is 5.41 Å². The van der Waals surface area contributed by atoms with E-state index >= 15 is 0 Å². The molecule has 0 saturated carbocycles. The topological polar surface area (TPSA) is 80.6 Å². The van der Waals surface area contributed by atoms with Crippen LogP contribution in [0.2, 0.25) is 0 Å². The van der Waals surface area contributed by atoms with Crippen molar-refractivity contribution in [2.45, 2.75) is 44.7 Å². The predicted molar refractivity (Wildman–Crippen MR) is 88.4 cm³/mol. The van der Waals surface area contributed by atoms with Crippen molar-refractivity contribution in [1.82, 2.24) is 24.8 Å². The number of hydrogen-bond acceptors (Lipinski definition) is 5. The summed E-state index contributed by atoms with van der Waals surface area (Å²) in [5.74, 6) is 0.238. The average molecular weight is 347 g/mol. The number of carbonyl (C=O) groups is 2. The van der Waals surface area contributed by atoms with Crippen LogP contribution in [0.15, 0.2) is 12.4 Å². The molecule has 2 amide bonds. The van der Waals surface area contributed by atoms with Gasteiger partial charge in [-0.25, -0.2) is 0 Å². The third-order valence-corrected chi connectivity index (χ3v) is 5.85. The van der Waals surface area contributed by atoms with E-state index in [0.717, 1.165) is 51.9 Å². The monoisotopic (exact) mass is 347 g/mol. The van der Waals surface area contributed by atoms with E-state index < -0.39 is 0 Å². The van der Waals surface area contributed by atoms with Gasteiger partial charge in [-0.1, -0.05) is 0 Å². The van der Waals surface area contributed by atoms with Gasteiger partial charge in [-0.15, -0.1) is 0 Å². The van der Waals surface area contributed by atoms with Crippen LogP contribution in [0, 0.1) is 5.41 Å². The maximum atomic E-state index is 13.3. The van der Waals surface area contributed by atoms with Crippen molar-refractivity contribution in [2.75, 3.05) is 32.8 Å². The first-order valence-electron chi connectivity index (χ1n) is 9.19. The van der Waals surface area contributed by atoms with E-state index in [9.17, 15) is 9.59 Å². The average Bonchev–Trinajstić information content (AvgIpc) is 3.29. The molecule has 0 aliphatic carbocycles. The van der Waals surface area contributed by atoms with Gasteiger partial charge in [0.05, 0.1) is 17.8 Å². The summed E-state index contributed by atoms with van der Waals surface area (Å²) in [6, 6.07) is 0.302. The summed E-state index contributed by atoms with van der Waals surface area (Å²) in [7, 11) is 0. The third-order valence-electron chi connectivity index (χ3n) is 5.85. The van der Waals surface area contributed by atoms with Crippen molar-refractivity contribution in [3.05, 3.63) is 12.4 Å². The molecule has 0 bridgehead atoms. The first kappa shape index (κ1) is 16.5. The molecule has 25 heavy (non-hydrogen) atoms. The van der Waals surface area contributed by atoms with Crippen LogP contribution < -0.4 is 0 Å². The Morgan fingerprint density at radius 1 is 1.20 bits per heavy atom. The number of ether oxygens (including phenoxy) is 1. The zero-order valence-electron chi connectivity index (χ0n) is 14.5. The Balaban J connectivity index is 1.42. The molecule has 8 heteroatoms. The number of piperidine rings is 1. The van der Waals surface area contributed by atoms with E-state index in [4.69, 9.17) is 4.74 Å². The molecule has 0 N–H and O–H groups in total. The Bertz CT molecular complexity index is 628. The Morgan fingerprint density at radius 3 is 2.72 bits per heavy atom. The number of likely N-dealkylation sites (tertiary alicyclic amines) is 2. The van der Waals surface area contributed by atoms with E-state index in [1.807, 2.05) is 4.90 Å². The van der Waals surface area contributed by atoms with Gasteiger partial charge in [-0.2, -0.15) is 15.0 Å². The fourth-order valence-electron chi connectivity index (χ4n) is 4.46. The molecule has 3 saturated heterocycles. The SMILES string of the molecule is O=C(Cn1nccn1)N1CC[C@@]2(CCCN(C3CCOCC3)C2=O)C1. The second kappa shape index (κ2) is 6.74. The summed E-state index contributed by atoms with van der Waals surface area (Å²) in [5.41, 5.74) is -0.385. The van der Waals surface area contributed by atoms with Crippen LogP contribution in [0.5, 0.6) is 0 Å². The fraction of sp³-hybridized carbons (Fsp3) is 0.765. The Morgan fingerprint density at radius 2 is 1.96 bits per heavy atom. The van der Waals surface area contributed by atoms with Crippen LogP contribution in [0.25, 0.3) is 0 Å². The molecule has 3 aliphatic rings. The minimum atomic E-state index is -0.385. The lowest BCUT2D eigenvalue weighted by atomic mass is 9.77. The largest absolute Gasteiger partial charge is 0.381 e. The summed E-state index contributed by atoms with van der Waals surface area (Å²) < 4.78 is 5.44. The lowest BCUT2D eigenvalue weighted by molar-refractivity contribution is -0.151. The predicted octanol–water partition coefficient (Wildman–Crippen LogP) is 0.298. The molecule has 4 rings (SSSR count). The summed E-state index contributed by atoms with van der Waals surface area (Å²) in [6.45, 7) is 3.64. The second-order valence-corrected chi connectivity index (χ2v) is 7.35. The number of aromatic nitrogens is 3. The summed E-state index contributed by atoms with van der Waals surface area (Å²) in [6.07, 6.45) is 7.65. The third kappa shape index (κ3) is 3.15. The molecular formula is C17H25N5O3. The zero-order chi connectivity index (χ0) is 17.3. The molecule has 0 aromatic carbocycles. The van der Waals surface area contributed by atoms with Gasteiger partial charge in [0.1, 0.15) is 6.54 Å². The minimum Gasteiger partial charge on any atom is -0.381 e. The van der Waals surface area contributed by atoms with Crippen molar-refractivity contribution in [1.29, 1.82) is 0 Å². The highest BCUT2D eigenvalue weighted by molar-refractivity contribution is 5.86. The van der Waals surface area contributed by atoms with Crippen molar-refractivity contribution >= 4 is 11.8 Å². The van der Waals surface area contributed by atoms with Crippen LogP contribution in [0.4, 0.5) is 0 Å². The van der Waals surface area contributed by atoms with E-state index in [-0.39, 0.29) is 23.8 Å². The highest BCUT2D eigenvalue weighted by atomic mass is 16.5. The Labute approximate surface area is 147 Å². The first-order valence-corrected chi connectivity index (χ1v) is 9.19. The van der Waals surface area contributed by atoms with Gasteiger partial charge in [-0.3, -0.25) is 9.59 Å². The molecule has 0 unspecified atom stereocenters. The maximum absolute atomic E-state index is 13.3. The molecule has 4 heterocycles. The van der Waals surface area contributed by atoms with Gasteiger partial charge in [0, 0.05) is 38.9 Å². The summed E-state index contributed by atoms with van der Waals surface area (Å²) in [4.78, 5) is 31.0. The van der Waals surface area contributed by atoms with Crippen LogP contribution in [0.3, 0.4) is 0 Å². The zero-order valence-corrected chi connectivity index (χ0v) is 14.5. The first-order chi connectivity index (χ1) is 12.2. The van der Waals surface area contributed by atoms with Crippen LogP contribution >= 0.6 is 0 Å². The standard InChI is InChI=1S/C17H25N5O3/c23-15(12-22-18-6-7-19-22)20-9-5-17(13-20)4-1-8-21(16(17)24)14-2-10-25-11-3-14/h6-7,14H,1-5,8-13H2/t17-/m0/s1. The highest BCUT2D eigenvalue weighted by Crippen LogP contribution is 2.41. The minimum absolute atomic E-state index is 0.0101. The number of rotatable bonds is 3. The van der Waals surface area contributed by atoms with Gasteiger partial charge in [0.25, 0.3) is 0 Å². The summed E-state index contributed by atoms with van der Waals surface area (Å²) in [5, 5.41) is 7.98. The van der Waals surface area contributed by atoms with E-state index in [0.29, 0.717) is 19.1 Å². The molecule has 3 fully saturated rings. The molecule has 136 valence electrons. The maximum Gasteiger partial charge on any atom is 0.246 e. The van der Waals surface area contributed by atoms with E-state index in [2.05, 4.69) is 15.1 Å².